The quantitative estimate of drug-likeness (QED) is 0.644. The molecule has 0 radical (unpaired) electrons. The second-order valence-corrected chi connectivity index (χ2v) is 5.52. The molecule has 4 nitrogen and oxygen atoms in total. The molecule has 0 aliphatic carbocycles. The minimum absolute atomic E-state index is 0.0410. The molecule has 0 saturated carbocycles. The molecule has 0 amide bonds. The summed E-state index contributed by atoms with van der Waals surface area (Å²) in [6.07, 6.45) is 3.88. The Morgan fingerprint density at radius 3 is 2.44 bits per heavy atom. The van der Waals surface area contributed by atoms with Gasteiger partial charge in [0.2, 0.25) is 0 Å². The van der Waals surface area contributed by atoms with Crippen LogP contribution in [-0.2, 0) is 0 Å². The summed E-state index contributed by atoms with van der Waals surface area (Å²) in [5.41, 5.74) is 5.05. The molecule has 1 aromatic carbocycles. The Kier molecular flexibility index (Phi) is 3.50. The van der Waals surface area contributed by atoms with Crippen LogP contribution in [0.15, 0.2) is 42.7 Å². The van der Waals surface area contributed by atoms with Gasteiger partial charge in [-0.3, -0.25) is 11.3 Å². The predicted octanol–water partition coefficient (Wildman–Crippen LogP) is 2.42. The third kappa shape index (κ3) is 2.60. The van der Waals surface area contributed by atoms with Crippen molar-refractivity contribution < 1.29 is 0 Å². The van der Waals surface area contributed by atoms with E-state index in [1.807, 2.05) is 47.4 Å². The van der Waals surface area contributed by atoms with Gasteiger partial charge in [0.05, 0.1) is 17.9 Å². The lowest BCUT2D eigenvalue weighted by atomic mass is 9.84. The number of para-hydroxylation sites is 1. The highest BCUT2D eigenvalue weighted by molar-refractivity contribution is 5.31. The van der Waals surface area contributed by atoms with E-state index in [-0.39, 0.29) is 11.5 Å². The maximum Gasteiger partial charge on any atom is 0.0645 e. The summed E-state index contributed by atoms with van der Waals surface area (Å²) in [6.45, 7) is 6.45. The number of benzene rings is 1. The molecule has 1 unspecified atom stereocenters. The number of nitrogens with two attached hydrogens (primary N) is 1. The van der Waals surface area contributed by atoms with Crippen LogP contribution in [0.25, 0.3) is 5.69 Å². The minimum Gasteiger partial charge on any atom is -0.271 e. The molecule has 96 valence electrons. The van der Waals surface area contributed by atoms with E-state index in [1.165, 1.54) is 0 Å². The summed E-state index contributed by atoms with van der Waals surface area (Å²) in [6, 6.07) is 10.1. The zero-order valence-corrected chi connectivity index (χ0v) is 11.1. The maximum absolute atomic E-state index is 5.65. The van der Waals surface area contributed by atoms with E-state index < -0.39 is 0 Å². The lowest BCUT2D eigenvalue weighted by Gasteiger charge is -2.29. The molecule has 0 aliphatic rings. The van der Waals surface area contributed by atoms with E-state index in [1.54, 1.807) is 0 Å². The first kappa shape index (κ1) is 12.8. The Labute approximate surface area is 108 Å². The van der Waals surface area contributed by atoms with Crippen LogP contribution in [0, 0.1) is 5.41 Å². The minimum atomic E-state index is 0.0410. The fourth-order valence-corrected chi connectivity index (χ4v) is 2.05. The van der Waals surface area contributed by atoms with Crippen molar-refractivity contribution in [2.45, 2.75) is 26.8 Å². The van der Waals surface area contributed by atoms with E-state index in [2.05, 4.69) is 31.3 Å². The smallest absolute Gasteiger partial charge is 0.0645 e. The van der Waals surface area contributed by atoms with Crippen molar-refractivity contribution in [1.82, 2.24) is 15.2 Å². The Balaban J connectivity index is 2.31. The van der Waals surface area contributed by atoms with Crippen molar-refractivity contribution in [3.05, 3.63) is 48.3 Å². The van der Waals surface area contributed by atoms with E-state index in [0.29, 0.717) is 0 Å². The maximum atomic E-state index is 5.65. The third-order valence-corrected chi connectivity index (χ3v) is 2.99. The molecule has 0 aliphatic heterocycles. The SMILES string of the molecule is CC(C)(C)C(NN)c1cnn(-c2ccccc2)c1. The van der Waals surface area contributed by atoms with Crippen LogP contribution >= 0.6 is 0 Å². The van der Waals surface area contributed by atoms with Gasteiger partial charge in [-0.05, 0) is 17.5 Å². The normalized spacial score (nSPS) is 13.6. The van der Waals surface area contributed by atoms with Gasteiger partial charge in [0.15, 0.2) is 0 Å². The van der Waals surface area contributed by atoms with Crippen LogP contribution in [0.5, 0.6) is 0 Å². The van der Waals surface area contributed by atoms with Crippen LogP contribution in [0.4, 0.5) is 0 Å². The van der Waals surface area contributed by atoms with Gasteiger partial charge in [-0.25, -0.2) is 4.68 Å². The van der Waals surface area contributed by atoms with Crippen molar-refractivity contribution in [2.75, 3.05) is 0 Å². The summed E-state index contributed by atoms with van der Waals surface area (Å²) in [5, 5.41) is 4.39. The van der Waals surface area contributed by atoms with Gasteiger partial charge in [0, 0.05) is 11.8 Å². The van der Waals surface area contributed by atoms with E-state index in [4.69, 9.17) is 5.84 Å². The van der Waals surface area contributed by atoms with Gasteiger partial charge < -0.3 is 0 Å². The summed E-state index contributed by atoms with van der Waals surface area (Å²) in [4.78, 5) is 0. The molecule has 1 atom stereocenters. The number of aromatic nitrogens is 2. The lowest BCUT2D eigenvalue weighted by Crippen LogP contribution is -2.36. The van der Waals surface area contributed by atoms with Crippen LogP contribution in [0.1, 0.15) is 32.4 Å². The molecular formula is C14H20N4. The zero-order valence-electron chi connectivity index (χ0n) is 11.1. The Hall–Kier alpha value is -1.65. The monoisotopic (exact) mass is 244 g/mol. The summed E-state index contributed by atoms with van der Waals surface area (Å²) >= 11 is 0. The van der Waals surface area contributed by atoms with Crippen LogP contribution in [0.3, 0.4) is 0 Å². The highest BCUT2D eigenvalue weighted by atomic mass is 15.3. The first-order chi connectivity index (χ1) is 8.52. The topological polar surface area (TPSA) is 55.9 Å². The van der Waals surface area contributed by atoms with Crippen molar-refractivity contribution >= 4 is 0 Å². The number of rotatable bonds is 3. The fourth-order valence-electron chi connectivity index (χ4n) is 2.05. The van der Waals surface area contributed by atoms with Gasteiger partial charge in [0.1, 0.15) is 0 Å². The summed E-state index contributed by atoms with van der Waals surface area (Å²) in [5.74, 6) is 5.65. The Morgan fingerprint density at radius 1 is 1.22 bits per heavy atom. The van der Waals surface area contributed by atoms with Crippen molar-refractivity contribution in [3.8, 4) is 5.69 Å². The van der Waals surface area contributed by atoms with Gasteiger partial charge in [-0.1, -0.05) is 39.0 Å². The summed E-state index contributed by atoms with van der Waals surface area (Å²) in [7, 11) is 0. The van der Waals surface area contributed by atoms with Crippen LogP contribution in [-0.4, -0.2) is 9.78 Å². The highest BCUT2D eigenvalue weighted by Crippen LogP contribution is 2.31. The molecule has 18 heavy (non-hydrogen) atoms. The molecule has 0 fully saturated rings. The van der Waals surface area contributed by atoms with Crippen molar-refractivity contribution in [3.63, 3.8) is 0 Å². The first-order valence-corrected chi connectivity index (χ1v) is 6.08. The second-order valence-electron chi connectivity index (χ2n) is 5.52. The second kappa shape index (κ2) is 4.92. The zero-order chi connectivity index (χ0) is 13.2. The molecular weight excluding hydrogens is 224 g/mol. The average Bonchev–Trinajstić information content (AvgIpc) is 2.78. The van der Waals surface area contributed by atoms with Gasteiger partial charge in [-0.15, -0.1) is 0 Å². The number of nitrogens with zero attached hydrogens (tertiary/aromatic N) is 2. The standard InChI is InChI=1S/C14H20N4/c1-14(2,3)13(17-15)11-9-16-18(10-11)12-7-5-4-6-8-12/h4-10,13,17H,15H2,1-3H3. The fraction of sp³-hybridized carbons (Fsp3) is 0.357. The lowest BCUT2D eigenvalue weighted by molar-refractivity contribution is 0.275. The average molecular weight is 244 g/mol. The molecule has 1 heterocycles. The van der Waals surface area contributed by atoms with Crippen molar-refractivity contribution in [2.24, 2.45) is 11.3 Å². The molecule has 0 bridgehead atoms. The number of hydrogen-bond donors (Lipinski definition) is 2. The molecule has 2 aromatic rings. The van der Waals surface area contributed by atoms with Gasteiger partial charge in [0.25, 0.3) is 0 Å². The molecule has 2 rings (SSSR count). The number of hydrogen-bond acceptors (Lipinski definition) is 3. The molecule has 4 heteroatoms. The molecule has 1 aromatic heterocycles. The van der Waals surface area contributed by atoms with Crippen LogP contribution in [0.2, 0.25) is 0 Å². The van der Waals surface area contributed by atoms with Gasteiger partial charge in [-0.2, -0.15) is 5.10 Å². The number of nitrogens with one attached hydrogen (secondary N) is 1. The molecule has 3 N–H and O–H groups in total. The van der Waals surface area contributed by atoms with Crippen molar-refractivity contribution in [1.29, 1.82) is 0 Å². The third-order valence-electron chi connectivity index (χ3n) is 2.99. The van der Waals surface area contributed by atoms with Crippen LogP contribution < -0.4 is 11.3 Å². The largest absolute Gasteiger partial charge is 0.271 e. The first-order valence-electron chi connectivity index (χ1n) is 6.08. The van der Waals surface area contributed by atoms with E-state index >= 15 is 0 Å². The predicted molar refractivity (Wildman–Crippen MR) is 73.1 cm³/mol. The summed E-state index contributed by atoms with van der Waals surface area (Å²) < 4.78 is 1.87. The Morgan fingerprint density at radius 2 is 1.89 bits per heavy atom. The van der Waals surface area contributed by atoms with Gasteiger partial charge >= 0.3 is 0 Å². The highest BCUT2D eigenvalue weighted by Gasteiger charge is 2.26. The Bertz CT molecular complexity index is 496. The molecule has 0 saturated heterocycles. The molecule has 0 spiro atoms. The van der Waals surface area contributed by atoms with E-state index in [0.717, 1.165) is 11.3 Å². The van der Waals surface area contributed by atoms with E-state index in [9.17, 15) is 0 Å². The number of hydrazine groups is 1.